The van der Waals surface area contributed by atoms with E-state index < -0.39 is 0 Å². The summed E-state index contributed by atoms with van der Waals surface area (Å²) >= 11 is 7.58. The van der Waals surface area contributed by atoms with Gasteiger partial charge in [-0.2, -0.15) is 0 Å². The molecule has 0 atom stereocenters. The van der Waals surface area contributed by atoms with E-state index in [1.807, 2.05) is 0 Å². The Kier molecular flexibility index (Phi) is 11.3. The first-order chi connectivity index (χ1) is 12.2. The SMILES string of the molecule is CN=C(NCCCC(=O)Nc1ccc(Cl)cc1)NCCc1cccs1.I. The maximum absolute atomic E-state index is 11.9. The van der Waals surface area contributed by atoms with E-state index in [4.69, 9.17) is 11.6 Å². The number of amides is 1. The molecular formula is C18H24ClIN4OS. The van der Waals surface area contributed by atoms with E-state index in [9.17, 15) is 4.79 Å². The number of halogens is 2. The number of rotatable bonds is 8. The molecule has 0 spiro atoms. The summed E-state index contributed by atoms with van der Waals surface area (Å²) in [5.74, 6) is 0.749. The van der Waals surface area contributed by atoms with Gasteiger partial charge in [0, 0.05) is 42.1 Å². The minimum atomic E-state index is -0.00948. The molecular weight excluding hydrogens is 483 g/mol. The van der Waals surface area contributed by atoms with Crippen LogP contribution in [0.4, 0.5) is 5.69 Å². The Hall–Kier alpha value is -1.32. The largest absolute Gasteiger partial charge is 0.356 e. The van der Waals surface area contributed by atoms with Crippen LogP contribution in [-0.4, -0.2) is 32.0 Å². The summed E-state index contributed by atoms with van der Waals surface area (Å²) in [4.78, 5) is 17.4. The molecule has 2 aromatic rings. The molecule has 0 radical (unpaired) electrons. The minimum Gasteiger partial charge on any atom is -0.356 e. The van der Waals surface area contributed by atoms with Crippen molar-refractivity contribution in [2.24, 2.45) is 4.99 Å². The van der Waals surface area contributed by atoms with Crippen molar-refractivity contribution in [3.8, 4) is 0 Å². The van der Waals surface area contributed by atoms with E-state index >= 15 is 0 Å². The van der Waals surface area contributed by atoms with Crippen LogP contribution in [0.2, 0.25) is 5.02 Å². The maximum Gasteiger partial charge on any atom is 0.224 e. The van der Waals surface area contributed by atoms with Gasteiger partial charge in [0.05, 0.1) is 0 Å². The van der Waals surface area contributed by atoms with Crippen LogP contribution in [0.15, 0.2) is 46.8 Å². The van der Waals surface area contributed by atoms with Crippen molar-refractivity contribution < 1.29 is 4.79 Å². The molecule has 0 aliphatic heterocycles. The highest BCUT2D eigenvalue weighted by Crippen LogP contribution is 2.13. The number of anilines is 1. The fourth-order valence-electron chi connectivity index (χ4n) is 2.19. The fraction of sp³-hybridized carbons (Fsp3) is 0.333. The van der Waals surface area contributed by atoms with Crippen molar-refractivity contribution in [3.05, 3.63) is 51.7 Å². The number of aliphatic imine (C=N–C) groups is 1. The molecule has 0 saturated heterocycles. The van der Waals surface area contributed by atoms with E-state index in [0.29, 0.717) is 18.0 Å². The first kappa shape index (κ1) is 22.7. The lowest BCUT2D eigenvalue weighted by molar-refractivity contribution is -0.116. The quantitative estimate of drug-likeness (QED) is 0.218. The first-order valence-corrected chi connectivity index (χ1v) is 9.45. The molecule has 5 nitrogen and oxygen atoms in total. The summed E-state index contributed by atoms with van der Waals surface area (Å²) in [7, 11) is 1.74. The Labute approximate surface area is 180 Å². The Bertz CT molecular complexity index is 677. The van der Waals surface area contributed by atoms with Crippen LogP contribution in [0.5, 0.6) is 0 Å². The number of guanidine groups is 1. The zero-order valence-corrected chi connectivity index (χ0v) is 18.5. The standard InChI is InChI=1S/C18H23ClN4OS.HI/c1-20-18(22-12-10-16-4-3-13-25-16)21-11-2-5-17(24)23-15-8-6-14(19)7-9-15;/h3-4,6-9,13H,2,5,10-12H2,1H3,(H,23,24)(H2,20,21,22);1H. The molecule has 1 aromatic carbocycles. The van der Waals surface area contributed by atoms with Gasteiger partial charge in [-0.15, -0.1) is 35.3 Å². The zero-order chi connectivity index (χ0) is 17.9. The van der Waals surface area contributed by atoms with Gasteiger partial charge in [-0.05, 0) is 48.6 Å². The van der Waals surface area contributed by atoms with E-state index in [0.717, 1.165) is 31.0 Å². The molecule has 0 fully saturated rings. The predicted octanol–water partition coefficient (Wildman–Crippen LogP) is 4.15. The van der Waals surface area contributed by atoms with Gasteiger partial charge >= 0.3 is 0 Å². The van der Waals surface area contributed by atoms with Crippen LogP contribution in [-0.2, 0) is 11.2 Å². The molecule has 3 N–H and O–H groups in total. The summed E-state index contributed by atoms with van der Waals surface area (Å²) in [5.41, 5.74) is 0.758. The average Bonchev–Trinajstić information content (AvgIpc) is 3.12. The number of thiophene rings is 1. The number of carbonyl (C=O) groups is 1. The molecule has 0 unspecified atom stereocenters. The van der Waals surface area contributed by atoms with Gasteiger partial charge in [0.2, 0.25) is 5.91 Å². The van der Waals surface area contributed by atoms with Crippen molar-refractivity contribution in [3.63, 3.8) is 0 Å². The predicted molar refractivity (Wildman–Crippen MR) is 122 cm³/mol. The van der Waals surface area contributed by atoms with E-state index in [2.05, 4.69) is 38.5 Å². The van der Waals surface area contributed by atoms with Crippen LogP contribution in [0.1, 0.15) is 17.7 Å². The third-order valence-electron chi connectivity index (χ3n) is 3.47. The number of hydrogen-bond donors (Lipinski definition) is 3. The Morgan fingerprint density at radius 1 is 1.15 bits per heavy atom. The summed E-state index contributed by atoms with van der Waals surface area (Å²) in [6, 6.07) is 11.3. The molecule has 26 heavy (non-hydrogen) atoms. The van der Waals surface area contributed by atoms with Gasteiger partial charge < -0.3 is 16.0 Å². The second-order valence-electron chi connectivity index (χ2n) is 5.41. The lowest BCUT2D eigenvalue weighted by Gasteiger charge is -2.11. The Morgan fingerprint density at radius 2 is 1.88 bits per heavy atom. The summed E-state index contributed by atoms with van der Waals surface area (Å²) < 4.78 is 0. The van der Waals surface area contributed by atoms with E-state index in [1.165, 1.54) is 4.88 Å². The molecule has 0 saturated carbocycles. The van der Waals surface area contributed by atoms with Gasteiger partial charge in [0.1, 0.15) is 0 Å². The van der Waals surface area contributed by atoms with Gasteiger partial charge in [-0.3, -0.25) is 9.79 Å². The molecule has 0 aliphatic rings. The van der Waals surface area contributed by atoms with Crippen LogP contribution >= 0.6 is 46.9 Å². The molecule has 0 aliphatic carbocycles. The van der Waals surface area contributed by atoms with Crippen molar-refractivity contribution in [1.82, 2.24) is 10.6 Å². The number of nitrogens with one attached hydrogen (secondary N) is 3. The van der Waals surface area contributed by atoms with E-state index in [1.54, 1.807) is 42.6 Å². The first-order valence-electron chi connectivity index (χ1n) is 8.19. The van der Waals surface area contributed by atoms with Crippen molar-refractivity contribution in [2.75, 3.05) is 25.5 Å². The van der Waals surface area contributed by atoms with Crippen molar-refractivity contribution in [2.45, 2.75) is 19.3 Å². The lowest BCUT2D eigenvalue weighted by Crippen LogP contribution is -2.38. The Morgan fingerprint density at radius 3 is 2.54 bits per heavy atom. The van der Waals surface area contributed by atoms with Gasteiger partial charge in [-0.1, -0.05) is 17.7 Å². The Balaban J connectivity index is 0.00000338. The molecule has 0 bridgehead atoms. The third-order valence-corrected chi connectivity index (χ3v) is 4.66. The third kappa shape index (κ3) is 8.86. The summed E-state index contributed by atoms with van der Waals surface area (Å²) in [6.45, 7) is 1.52. The summed E-state index contributed by atoms with van der Waals surface area (Å²) in [6.07, 6.45) is 2.15. The number of benzene rings is 1. The zero-order valence-electron chi connectivity index (χ0n) is 14.6. The smallest absolute Gasteiger partial charge is 0.224 e. The van der Waals surface area contributed by atoms with Crippen molar-refractivity contribution in [1.29, 1.82) is 0 Å². The molecule has 1 amide bonds. The second kappa shape index (κ2) is 12.9. The second-order valence-corrected chi connectivity index (χ2v) is 6.88. The van der Waals surface area contributed by atoms with Gasteiger partial charge in [0.25, 0.3) is 0 Å². The molecule has 142 valence electrons. The highest BCUT2D eigenvalue weighted by Gasteiger charge is 2.03. The number of carbonyl (C=O) groups excluding carboxylic acids is 1. The van der Waals surface area contributed by atoms with Gasteiger partial charge in [-0.25, -0.2) is 0 Å². The molecule has 1 heterocycles. The van der Waals surface area contributed by atoms with Crippen LogP contribution < -0.4 is 16.0 Å². The van der Waals surface area contributed by atoms with Crippen LogP contribution in [0.25, 0.3) is 0 Å². The minimum absolute atomic E-state index is 0. The highest BCUT2D eigenvalue weighted by molar-refractivity contribution is 14.0. The molecule has 8 heteroatoms. The topological polar surface area (TPSA) is 65.5 Å². The highest BCUT2D eigenvalue weighted by atomic mass is 127. The lowest BCUT2D eigenvalue weighted by atomic mass is 10.2. The normalized spacial score (nSPS) is 10.8. The molecule has 1 aromatic heterocycles. The van der Waals surface area contributed by atoms with Crippen LogP contribution in [0, 0.1) is 0 Å². The van der Waals surface area contributed by atoms with Crippen LogP contribution in [0.3, 0.4) is 0 Å². The maximum atomic E-state index is 11.9. The average molecular weight is 507 g/mol. The van der Waals surface area contributed by atoms with Crippen molar-refractivity contribution >= 4 is 64.5 Å². The molecule has 2 rings (SSSR count). The van der Waals surface area contributed by atoms with E-state index in [-0.39, 0.29) is 29.9 Å². The monoisotopic (exact) mass is 506 g/mol. The number of nitrogens with zero attached hydrogens (tertiary/aromatic N) is 1. The summed E-state index contributed by atoms with van der Waals surface area (Å²) in [5, 5.41) is 12.1. The fourth-order valence-corrected chi connectivity index (χ4v) is 3.03. The number of hydrogen-bond acceptors (Lipinski definition) is 3. The van der Waals surface area contributed by atoms with Gasteiger partial charge in [0.15, 0.2) is 5.96 Å².